The third-order valence-electron chi connectivity index (χ3n) is 2.07. The van der Waals surface area contributed by atoms with E-state index in [1.54, 1.807) is 34.7 Å². The molecule has 2 N–H and O–H groups in total. The molecule has 0 atom stereocenters. The molecule has 0 aliphatic carbocycles. The van der Waals surface area contributed by atoms with Crippen molar-refractivity contribution in [2.24, 2.45) is 5.41 Å². The van der Waals surface area contributed by atoms with E-state index in [1.807, 2.05) is 0 Å². The predicted octanol–water partition coefficient (Wildman–Crippen LogP) is 1.05. The number of halogens is 1. The van der Waals surface area contributed by atoms with Gasteiger partial charge in [-0.05, 0) is 27.7 Å². The minimum atomic E-state index is -0.605. The van der Waals surface area contributed by atoms with E-state index >= 15 is 0 Å². The van der Waals surface area contributed by atoms with Gasteiger partial charge in [-0.2, -0.15) is 0 Å². The Morgan fingerprint density at radius 1 is 1.13 bits per heavy atom. The Hall–Kier alpha value is -0.580. The molecular formula is C10H19BrN2O2. The summed E-state index contributed by atoms with van der Waals surface area (Å²) in [6.45, 7) is 7.41. The summed E-state index contributed by atoms with van der Waals surface area (Å²) in [5, 5.41) is 5.30. The maximum Gasteiger partial charge on any atom is 0.236 e. The van der Waals surface area contributed by atoms with E-state index in [0.29, 0.717) is 6.54 Å². The lowest BCUT2D eigenvalue weighted by Gasteiger charge is -2.25. The molecule has 0 saturated heterocycles. The van der Waals surface area contributed by atoms with Gasteiger partial charge in [0.25, 0.3) is 0 Å². The zero-order chi connectivity index (χ0) is 12.3. The Labute approximate surface area is 99.3 Å². The molecule has 0 bridgehead atoms. The fraction of sp³-hybridized carbons (Fsp3) is 0.800. The van der Waals surface area contributed by atoms with Gasteiger partial charge in [0.1, 0.15) is 0 Å². The number of hydrogen-bond acceptors (Lipinski definition) is 2. The largest absolute Gasteiger partial charge is 0.359 e. The molecule has 0 aromatic heterocycles. The number of amides is 2. The average Bonchev–Trinajstić information content (AvgIpc) is 2.11. The third kappa shape index (κ3) is 4.64. The Balaban J connectivity index is 4.28. The molecule has 4 nitrogen and oxygen atoms in total. The molecule has 0 radical (unpaired) electrons. The van der Waals surface area contributed by atoms with Crippen LogP contribution in [0.2, 0.25) is 0 Å². The summed E-state index contributed by atoms with van der Waals surface area (Å²) in [4.78, 5) is 23.0. The second-order valence-corrected chi connectivity index (χ2v) is 6.60. The van der Waals surface area contributed by atoms with Crippen LogP contribution in [0.4, 0.5) is 0 Å². The number of carbonyl (C=O) groups is 2. The molecule has 0 spiro atoms. The predicted molar refractivity (Wildman–Crippen MR) is 63.9 cm³/mol. The van der Waals surface area contributed by atoms with Crippen LogP contribution in [-0.4, -0.2) is 29.7 Å². The van der Waals surface area contributed by atoms with Gasteiger partial charge in [0.2, 0.25) is 11.8 Å². The molecule has 0 unspecified atom stereocenters. The minimum Gasteiger partial charge on any atom is -0.359 e. The first kappa shape index (κ1) is 14.4. The summed E-state index contributed by atoms with van der Waals surface area (Å²) < 4.78 is -0.605. The number of rotatable bonds is 4. The van der Waals surface area contributed by atoms with Crippen LogP contribution in [0.25, 0.3) is 0 Å². The van der Waals surface area contributed by atoms with Crippen LogP contribution in [0.5, 0.6) is 0 Å². The highest BCUT2D eigenvalue weighted by Gasteiger charge is 2.30. The van der Waals surface area contributed by atoms with Gasteiger partial charge in [0.05, 0.1) is 9.74 Å². The average molecular weight is 279 g/mol. The first-order valence-electron chi connectivity index (χ1n) is 4.80. The van der Waals surface area contributed by atoms with Crippen molar-refractivity contribution in [1.29, 1.82) is 0 Å². The van der Waals surface area contributed by atoms with Crippen molar-refractivity contribution >= 4 is 27.7 Å². The molecule has 15 heavy (non-hydrogen) atoms. The molecule has 88 valence electrons. The van der Waals surface area contributed by atoms with E-state index < -0.39 is 9.74 Å². The van der Waals surface area contributed by atoms with Crippen molar-refractivity contribution in [3.8, 4) is 0 Å². The Morgan fingerprint density at radius 3 is 1.93 bits per heavy atom. The van der Waals surface area contributed by atoms with E-state index in [1.165, 1.54) is 0 Å². The quantitative estimate of drug-likeness (QED) is 0.756. The zero-order valence-electron chi connectivity index (χ0n) is 9.90. The fourth-order valence-electron chi connectivity index (χ4n) is 0.930. The number of carbonyl (C=O) groups excluding carboxylic acids is 2. The SMILES string of the molecule is CNC(=O)C(C)(C)CNC(=O)C(C)(C)Br. The van der Waals surface area contributed by atoms with Gasteiger partial charge in [-0.25, -0.2) is 0 Å². The van der Waals surface area contributed by atoms with Crippen LogP contribution in [-0.2, 0) is 9.59 Å². The summed E-state index contributed by atoms with van der Waals surface area (Å²) in [7, 11) is 1.58. The lowest BCUT2D eigenvalue weighted by Crippen LogP contribution is -2.47. The van der Waals surface area contributed by atoms with Crippen LogP contribution in [0.3, 0.4) is 0 Å². The molecule has 5 heteroatoms. The van der Waals surface area contributed by atoms with E-state index in [-0.39, 0.29) is 11.8 Å². The van der Waals surface area contributed by atoms with Crippen molar-refractivity contribution in [3.05, 3.63) is 0 Å². The highest BCUT2D eigenvalue weighted by molar-refractivity contribution is 9.10. The molecule has 0 rings (SSSR count). The fourth-order valence-corrected chi connectivity index (χ4v) is 1.07. The number of nitrogens with one attached hydrogen (secondary N) is 2. The lowest BCUT2D eigenvalue weighted by molar-refractivity contribution is -0.129. The summed E-state index contributed by atoms with van der Waals surface area (Å²) in [6, 6.07) is 0. The first-order valence-corrected chi connectivity index (χ1v) is 5.60. The van der Waals surface area contributed by atoms with Crippen LogP contribution < -0.4 is 10.6 Å². The number of alkyl halides is 1. The van der Waals surface area contributed by atoms with Crippen molar-refractivity contribution < 1.29 is 9.59 Å². The minimum absolute atomic E-state index is 0.0878. The summed E-state index contributed by atoms with van der Waals surface area (Å²) in [5.74, 6) is -0.213. The molecule has 0 saturated carbocycles. The Morgan fingerprint density at radius 2 is 1.60 bits per heavy atom. The number of hydrogen-bond donors (Lipinski definition) is 2. The van der Waals surface area contributed by atoms with Gasteiger partial charge < -0.3 is 10.6 Å². The normalized spacial score (nSPS) is 12.1. The molecule has 0 fully saturated rings. The third-order valence-corrected chi connectivity index (χ3v) is 2.43. The van der Waals surface area contributed by atoms with Crippen molar-refractivity contribution in [2.45, 2.75) is 32.0 Å². The molecular weight excluding hydrogens is 260 g/mol. The Kier molecular flexibility index (Phi) is 4.77. The highest BCUT2D eigenvalue weighted by atomic mass is 79.9. The monoisotopic (exact) mass is 278 g/mol. The topological polar surface area (TPSA) is 58.2 Å². The molecule has 0 aromatic rings. The van der Waals surface area contributed by atoms with Gasteiger partial charge in [-0.15, -0.1) is 0 Å². The van der Waals surface area contributed by atoms with Crippen LogP contribution in [0.1, 0.15) is 27.7 Å². The second kappa shape index (κ2) is 4.96. The standard InChI is InChI=1S/C10H19BrN2O2/c1-9(2,7(14)12-5)6-13-8(15)10(3,4)11/h6H2,1-5H3,(H,12,14)(H,13,15). The van der Waals surface area contributed by atoms with Crippen molar-refractivity contribution in [3.63, 3.8) is 0 Å². The highest BCUT2D eigenvalue weighted by Crippen LogP contribution is 2.17. The van der Waals surface area contributed by atoms with Gasteiger partial charge in [-0.3, -0.25) is 9.59 Å². The first-order chi connectivity index (χ1) is 6.61. The second-order valence-electron chi connectivity index (χ2n) is 4.62. The van der Waals surface area contributed by atoms with Gasteiger partial charge in [0.15, 0.2) is 0 Å². The molecule has 0 aliphatic rings. The van der Waals surface area contributed by atoms with E-state index in [0.717, 1.165) is 0 Å². The van der Waals surface area contributed by atoms with Crippen LogP contribution >= 0.6 is 15.9 Å². The van der Waals surface area contributed by atoms with Crippen molar-refractivity contribution in [1.82, 2.24) is 10.6 Å². The summed E-state index contributed by atoms with van der Waals surface area (Å²) in [6.07, 6.45) is 0. The molecule has 0 aromatic carbocycles. The summed E-state index contributed by atoms with van der Waals surface area (Å²) in [5.41, 5.74) is -0.595. The lowest BCUT2D eigenvalue weighted by atomic mass is 9.92. The molecule has 0 aliphatic heterocycles. The van der Waals surface area contributed by atoms with Gasteiger partial charge in [0, 0.05) is 13.6 Å². The van der Waals surface area contributed by atoms with E-state index in [2.05, 4.69) is 26.6 Å². The van der Waals surface area contributed by atoms with Crippen LogP contribution in [0, 0.1) is 5.41 Å². The summed E-state index contributed by atoms with van der Waals surface area (Å²) >= 11 is 3.25. The van der Waals surface area contributed by atoms with Gasteiger partial charge >= 0.3 is 0 Å². The molecule has 2 amide bonds. The van der Waals surface area contributed by atoms with Crippen LogP contribution in [0.15, 0.2) is 0 Å². The molecule has 0 heterocycles. The van der Waals surface area contributed by atoms with Crippen molar-refractivity contribution in [2.75, 3.05) is 13.6 Å². The van der Waals surface area contributed by atoms with E-state index in [9.17, 15) is 9.59 Å². The smallest absolute Gasteiger partial charge is 0.236 e. The maximum atomic E-state index is 11.5. The zero-order valence-corrected chi connectivity index (χ0v) is 11.5. The van der Waals surface area contributed by atoms with Gasteiger partial charge in [-0.1, -0.05) is 15.9 Å². The Bertz CT molecular complexity index is 257. The maximum absolute atomic E-state index is 11.5. The van der Waals surface area contributed by atoms with E-state index in [4.69, 9.17) is 0 Å².